The van der Waals surface area contributed by atoms with E-state index >= 15 is 0 Å². The summed E-state index contributed by atoms with van der Waals surface area (Å²) in [4.78, 5) is 5.63. The Balaban J connectivity index is 1.74. The molecule has 1 aromatic heterocycles. The Bertz CT molecular complexity index is 576. The highest BCUT2D eigenvalue weighted by atomic mass is 32.2. The average molecular weight is 334 g/mol. The molecule has 0 saturated heterocycles. The van der Waals surface area contributed by atoms with Gasteiger partial charge in [-0.05, 0) is 36.8 Å². The summed E-state index contributed by atoms with van der Waals surface area (Å²) >= 11 is 3.50. The van der Waals surface area contributed by atoms with Crippen molar-refractivity contribution in [3.63, 3.8) is 0 Å². The lowest BCUT2D eigenvalue weighted by molar-refractivity contribution is 0.706. The summed E-state index contributed by atoms with van der Waals surface area (Å²) in [7, 11) is 0. The van der Waals surface area contributed by atoms with Gasteiger partial charge in [0.1, 0.15) is 0 Å². The third-order valence-corrected chi connectivity index (χ3v) is 5.10. The van der Waals surface area contributed by atoms with E-state index in [0.717, 1.165) is 16.4 Å². The van der Waals surface area contributed by atoms with Gasteiger partial charge in [-0.15, -0.1) is 23.1 Å². The molecule has 0 amide bonds. The van der Waals surface area contributed by atoms with E-state index in [-0.39, 0.29) is 0 Å². The first-order valence-corrected chi connectivity index (χ1v) is 9.58. The standard InChI is InChI=1S/C17H23N3S2/c1-3-4-5-6-11-21-16-9-7-15(8-10-16)12-18-20-17-19-14(2)13-22-17/h7-10,12-13H,3-6,11H2,1-2H3,(H,19,20). The summed E-state index contributed by atoms with van der Waals surface area (Å²) in [5.41, 5.74) is 5.06. The van der Waals surface area contributed by atoms with Gasteiger partial charge in [-0.3, -0.25) is 5.43 Å². The molecule has 0 saturated carbocycles. The maximum Gasteiger partial charge on any atom is 0.203 e. The number of nitrogens with one attached hydrogen (secondary N) is 1. The average Bonchev–Trinajstić information content (AvgIpc) is 2.94. The van der Waals surface area contributed by atoms with E-state index < -0.39 is 0 Å². The molecular weight excluding hydrogens is 310 g/mol. The van der Waals surface area contributed by atoms with Gasteiger partial charge in [0.15, 0.2) is 0 Å². The number of hydrazone groups is 1. The number of benzene rings is 1. The molecule has 0 aliphatic heterocycles. The molecule has 1 aromatic carbocycles. The fraction of sp³-hybridized carbons (Fsp3) is 0.412. The minimum Gasteiger partial charge on any atom is -0.253 e. The van der Waals surface area contributed by atoms with E-state index in [0.29, 0.717) is 0 Å². The lowest BCUT2D eigenvalue weighted by Crippen LogP contribution is -1.90. The van der Waals surface area contributed by atoms with Crippen molar-refractivity contribution in [3.05, 3.63) is 40.9 Å². The number of rotatable bonds is 9. The number of thiazole rings is 1. The number of anilines is 1. The van der Waals surface area contributed by atoms with E-state index in [1.54, 1.807) is 11.3 Å². The summed E-state index contributed by atoms with van der Waals surface area (Å²) < 4.78 is 0. The van der Waals surface area contributed by atoms with Gasteiger partial charge in [0.05, 0.1) is 11.9 Å². The third kappa shape index (κ3) is 6.20. The largest absolute Gasteiger partial charge is 0.253 e. The molecule has 0 radical (unpaired) electrons. The fourth-order valence-corrected chi connectivity index (χ4v) is 3.49. The number of nitrogens with zero attached hydrogens (tertiary/aromatic N) is 2. The van der Waals surface area contributed by atoms with Gasteiger partial charge in [-0.1, -0.05) is 38.3 Å². The summed E-state index contributed by atoms with van der Waals surface area (Å²) in [6, 6.07) is 8.54. The maximum atomic E-state index is 4.30. The van der Waals surface area contributed by atoms with Crippen LogP contribution in [0.4, 0.5) is 5.13 Å². The predicted molar refractivity (Wildman–Crippen MR) is 99.4 cm³/mol. The van der Waals surface area contributed by atoms with Crippen LogP contribution in [0.2, 0.25) is 0 Å². The molecule has 0 spiro atoms. The molecule has 0 aliphatic carbocycles. The lowest BCUT2D eigenvalue weighted by Gasteiger charge is -2.02. The topological polar surface area (TPSA) is 37.3 Å². The van der Waals surface area contributed by atoms with E-state index in [1.165, 1.54) is 36.3 Å². The van der Waals surface area contributed by atoms with Crippen LogP contribution in [0.25, 0.3) is 0 Å². The Morgan fingerprint density at radius 1 is 1.23 bits per heavy atom. The molecule has 0 aliphatic rings. The Kier molecular flexibility index (Phi) is 7.46. The molecule has 1 heterocycles. The summed E-state index contributed by atoms with van der Waals surface area (Å²) in [6.07, 6.45) is 7.12. The van der Waals surface area contributed by atoms with Crippen LogP contribution in [0, 0.1) is 6.92 Å². The number of hydrogen-bond donors (Lipinski definition) is 1. The molecule has 2 aromatic rings. The summed E-state index contributed by atoms with van der Waals surface area (Å²) in [5.74, 6) is 1.21. The highest BCUT2D eigenvalue weighted by molar-refractivity contribution is 7.99. The van der Waals surface area contributed by atoms with Crippen LogP contribution in [-0.2, 0) is 0 Å². The normalized spacial score (nSPS) is 11.2. The number of unbranched alkanes of at least 4 members (excludes halogenated alkanes) is 3. The van der Waals surface area contributed by atoms with Crippen molar-refractivity contribution in [2.24, 2.45) is 5.10 Å². The van der Waals surface area contributed by atoms with Crippen molar-refractivity contribution in [2.45, 2.75) is 44.4 Å². The van der Waals surface area contributed by atoms with Crippen molar-refractivity contribution in [3.8, 4) is 0 Å². The first kappa shape index (κ1) is 17.0. The van der Waals surface area contributed by atoms with Crippen LogP contribution in [-0.4, -0.2) is 17.0 Å². The van der Waals surface area contributed by atoms with E-state index in [2.05, 4.69) is 46.7 Å². The van der Waals surface area contributed by atoms with Crippen LogP contribution in [0.15, 0.2) is 39.6 Å². The highest BCUT2D eigenvalue weighted by Gasteiger charge is 1.96. The van der Waals surface area contributed by atoms with Gasteiger partial charge in [-0.2, -0.15) is 5.10 Å². The zero-order valence-electron chi connectivity index (χ0n) is 13.2. The van der Waals surface area contributed by atoms with Gasteiger partial charge in [0.25, 0.3) is 0 Å². The zero-order chi connectivity index (χ0) is 15.6. The Labute approximate surface area is 141 Å². The molecule has 1 N–H and O–H groups in total. The van der Waals surface area contributed by atoms with Gasteiger partial charge in [0, 0.05) is 10.3 Å². The molecule has 22 heavy (non-hydrogen) atoms. The molecule has 0 fully saturated rings. The summed E-state index contributed by atoms with van der Waals surface area (Å²) in [6.45, 7) is 4.22. The molecule has 3 nitrogen and oxygen atoms in total. The van der Waals surface area contributed by atoms with Crippen LogP contribution in [0.1, 0.15) is 43.9 Å². The van der Waals surface area contributed by atoms with Crippen molar-refractivity contribution in [1.82, 2.24) is 4.98 Å². The van der Waals surface area contributed by atoms with Crippen LogP contribution >= 0.6 is 23.1 Å². The second-order valence-corrected chi connectivity index (χ2v) is 7.17. The SMILES string of the molecule is CCCCCCSc1ccc(C=NNc2nc(C)cs2)cc1. The van der Waals surface area contributed by atoms with Gasteiger partial charge >= 0.3 is 0 Å². The lowest BCUT2D eigenvalue weighted by atomic mass is 10.2. The Morgan fingerprint density at radius 3 is 2.73 bits per heavy atom. The molecule has 118 valence electrons. The van der Waals surface area contributed by atoms with Crippen molar-refractivity contribution < 1.29 is 0 Å². The molecule has 0 atom stereocenters. The smallest absolute Gasteiger partial charge is 0.203 e. The van der Waals surface area contributed by atoms with Crippen molar-refractivity contribution >= 4 is 34.4 Å². The maximum absolute atomic E-state index is 4.30. The monoisotopic (exact) mass is 333 g/mol. The van der Waals surface area contributed by atoms with E-state index in [9.17, 15) is 0 Å². The van der Waals surface area contributed by atoms with Crippen molar-refractivity contribution in [1.29, 1.82) is 0 Å². The van der Waals surface area contributed by atoms with E-state index in [1.807, 2.05) is 30.3 Å². The fourth-order valence-electron chi connectivity index (χ4n) is 1.94. The molecule has 2 rings (SSSR count). The molecule has 0 unspecified atom stereocenters. The second kappa shape index (κ2) is 9.64. The Morgan fingerprint density at radius 2 is 2.05 bits per heavy atom. The first-order chi connectivity index (χ1) is 10.8. The van der Waals surface area contributed by atoms with Crippen LogP contribution < -0.4 is 5.43 Å². The second-order valence-electron chi connectivity index (χ2n) is 5.14. The Hall–Kier alpha value is -1.33. The molecular formula is C17H23N3S2. The van der Waals surface area contributed by atoms with Gasteiger partial charge < -0.3 is 0 Å². The molecule has 0 bridgehead atoms. The minimum atomic E-state index is 0.827. The highest BCUT2D eigenvalue weighted by Crippen LogP contribution is 2.20. The number of thioether (sulfide) groups is 1. The van der Waals surface area contributed by atoms with E-state index in [4.69, 9.17) is 0 Å². The number of hydrogen-bond acceptors (Lipinski definition) is 5. The van der Waals surface area contributed by atoms with Crippen LogP contribution in [0.3, 0.4) is 0 Å². The first-order valence-electron chi connectivity index (χ1n) is 7.72. The van der Waals surface area contributed by atoms with Crippen LogP contribution in [0.5, 0.6) is 0 Å². The summed E-state index contributed by atoms with van der Waals surface area (Å²) in [5, 5.41) is 7.05. The molecule has 5 heteroatoms. The van der Waals surface area contributed by atoms with Gasteiger partial charge in [0.2, 0.25) is 5.13 Å². The van der Waals surface area contributed by atoms with Gasteiger partial charge in [-0.25, -0.2) is 4.98 Å². The quantitative estimate of drug-likeness (QED) is 0.282. The zero-order valence-corrected chi connectivity index (χ0v) is 14.8. The van der Waals surface area contributed by atoms with Crippen molar-refractivity contribution in [2.75, 3.05) is 11.2 Å². The number of aromatic nitrogens is 1. The predicted octanol–water partition coefficient (Wildman–Crippen LogP) is 5.57. The number of aryl methyl sites for hydroxylation is 1. The minimum absolute atomic E-state index is 0.827. The third-order valence-electron chi connectivity index (χ3n) is 3.14.